The van der Waals surface area contributed by atoms with Crippen LogP contribution in [-0.4, -0.2) is 48.5 Å². The average Bonchev–Trinajstić information content (AvgIpc) is 2.49. The highest BCUT2D eigenvalue weighted by Crippen LogP contribution is 1.97. The summed E-state index contributed by atoms with van der Waals surface area (Å²) in [6, 6.07) is 5.35. The maximum absolute atomic E-state index is 11.7. The summed E-state index contributed by atoms with van der Waals surface area (Å²) in [4.78, 5) is 28.7. The van der Waals surface area contributed by atoms with Crippen LogP contribution in [0.25, 0.3) is 0 Å². The van der Waals surface area contributed by atoms with Crippen LogP contribution in [0.5, 0.6) is 0 Å². The fourth-order valence-electron chi connectivity index (χ4n) is 1.51. The van der Waals surface area contributed by atoms with E-state index >= 15 is 0 Å². The normalized spacial score (nSPS) is 10.2. The zero-order chi connectivity index (χ0) is 14.8. The highest BCUT2D eigenvalue weighted by Gasteiger charge is 2.11. The molecule has 0 saturated heterocycles. The second kappa shape index (κ2) is 8.87. The molecule has 1 amide bonds. The fraction of sp³-hybridized carbons (Fsp3) is 0.462. The molecule has 7 nitrogen and oxygen atoms in total. The third-order valence-electron chi connectivity index (χ3n) is 2.67. The van der Waals surface area contributed by atoms with Crippen molar-refractivity contribution in [3.8, 4) is 0 Å². The molecule has 1 aromatic heterocycles. The third kappa shape index (κ3) is 6.14. The van der Waals surface area contributed by atoms with Crippen molar-refractivity contribution in [1.82, 2.24) is 15.3 Å². The first-order valence-electron chi connectivity index (χ1n) is 6.40. The van der Waals surface area contributed by atoms with Crippen LogP contribution < -0.4 is 10.9 Å². The lowest BCUT2D eigenvalue weighted by molar-refractivity contribution is -0.141. The molecule has 110 valence electrons. The molecule has 0 atom stereocenters. The van der Waals surface area contributed by atoms with Gasteiger partial charge >= 0.3 is 5.97 Å². The minimum absolute atomic E-state index is 0.192. The molecule has 1 aromatic rings. The molecule has 0 fully saturated rings. The van der Waals surface area contributed by atoms with Crippen molar-refractivity contribution < 1.29 is 14.3 Å². The molecule has 0 bridgehead atoms. The van der Waals surface area contributed by atoms with E-state index in [1.54, 1.807) is 18.3 Å². The minimum Gasteiger partial charge on any atom is -0.469 e. The first-order chi connectivity index (χ1) is 9.65. The second-order valence-corrected chi connectivity index (χ2v) is 4.08. The van der Waals surface area contributed by atoms with Gasteiger partial charge in [-0.25, -0.2) is 4.98 Å². The van der Waals surface area contributed by atoms with Crippen LogP contribution in [0.2, 0.25) is 0 Å². The van der Waals surface area contributed by atoms with Crippen molar-refractivity contribution >= 4 is 17.7 Å². The van der Waals surface area contributed by atoms with Crippen LogP contribution in [0.4, 0.5) is 5.82 Å². The van der Waals surface area contributed by atoms with Crippen molar-refractivity contribution in [1.29, 1.82) is 0 Å². The van der Waals surface area contributed by atoms with Gasteiger partial charge in [0.15, 0.2) is 0 Å². The number of pyridine rings is 1. The number of methoxy groups -OCH3 is 1. The molecule has 20 heavy (non-hydrogen) atoms. The molecule has 0 radical (unpaired) electrons. The van der Waals surface area contributed by atoms with Gasteiger partial charge in [-0.15, -0.1) is 0 Å². The predicted molar refractivity (Wildman–Crippen MR) is 74.7 cm³/mol. The zero-order valence-corrected chi connectivity index (χ0v) is 11.8. The number of amides is 1. The van der Waals surface area contributed by atoms with E-state index in [0.29, 0.717) is 18.9 Å². The number of likely N-dealkylation sites (N-methyl/N-ethyl adjacent to an activating group) is 1. The summed E-state index contributed by atoms with van der Waals surface area (Å²) in [5.74, 6) is 0.0938. The van der Waals surface area contributed by atoms with E-state index in [2.05, 4.69) is 20.6 Å². The number of rotatable bonds is 8. The Labute approximate surface area is 118 Å². The maximum atomic E-state index is 11.7. The number of hydrazine groups is 1. The van der Waals surface area contributed by atoms with Crippen LogP contribution >= 0.6 is 0 Å². The van der Waals surface area contributed by atoms with E-state index in [9.17, 15) is 9.59 Å². The number of ether oxygens (including phenoxy) is 1. The Morgan fingerprint density at radius 3 is 2.80 bits per heavy atom. The Kier molecular flexibility index (Phi) is 7.05. The van der Waals surface area contributed by atoms with Crippen LogP contribution in [0.1, 0.15) is 13.3 Å². The number of hydrogen-bond donors (Lipinski definition) is 2. The quantitative estimate of drug-likeness (QED) is 0.530. The van der Waals surface area contributed by atoms with Crippen LogP contribution in [0, 0.1) is 0 Å². The molecule has 0 aliphatic heterocycles. The average molecular weight is 280 g/mol. The van der Waals surface area contributed by atoms with Crippen molar-refractivity contribution in [2.45, 2.75) is 13.3 Å². The van der Waals surface area contributed by atoms with Gasteiger partial charge in [-0.3, -0.25) is 25.3 Å². The van der Waals surface area contributed by atoms with Gasteiger partial charge in [-0.1, -0.05) is 13.0 Å². The number of nitrogens with zero attached hydrogens (tertiary/aromatic N) is 2. The predicted octanol–water partition coefficient (Wildman–Crippen LogP) is 0.410. The Morgan fingerprint density at radius 1 is 1.40 bits per heavy atom. The van der Waals surface area contributed by atoms with Crippen molar-refractivity contribution in [2.75, 3.05) is 32.2 Å². The smallest absolute Gasteiger partial charge is 0.306 e. The van der Waals surface area contributed by atoms with E-state index in [0.717, 1.165) is 0 Å². The highest BCUT2D eigenvalue weighted by molar-refractivity contribution is 5.79. The number of nitrogens with one attached hydrogen (secondary N) is 2. The molecule has 0 aliphatic carbocycles. The SMILES string of the molecule is CCN(CCC(=O)OC)CC(=O)NNc1ccccn1. The minimum atomic E-state index is -0.282. The summed E-state index contributed by atoms with van der Waals surface area (Å²) in [7, 11) is 1.35. The van der Waals surface area contributed by atoms with Gasteiger partial charge in [0.25, 0.3) is 5.91 Å². The first-order valence-corrected chi connectivity index (χ1v) is 6.40. The van der Waals surface area contributed by atoms with E-state index in [1.165, 1.54) is 7.11 Å². The monoisotopic (exact) mass is 280 g/mol. The van der Waals surface area contributed by atoms with E-state index in [1.807, 2.05) is 17.9 Å². The van der Waals surface area contributed by atoms with Gasteiger partial charge in [0.1, 0.15) is 5.82 Å². The zero-order valence-electron chi connectivity index (χ0n) is 11.8. The summed E-state index contributed by atoms with van der Waals surface area (Å²) in [6.45, 7) is 3.29. The lowest BCUT2D eigenvalue weighted by Crippen LogP contribution is -2.40. The molecule has 1 rings (SSSR count). The van der Waals surface area contributed by atoms with Crippen LogP contribution in [0.3, 0.4) is 0 Å². The topological polar surface area (TPSA) is 83.6 Å². The summed E-state index contributed by atoms with van der Waals surface area (Å²) in [5.41, 5.74) is 5.28. The Bertz CT molecular complexity index is 425. The second-order valence-electron chi connectivity index (χ2n) is 4.08. The summed E-state index contributed by atoms with van der Waals surface area (Å²) in [6.07, 6.45) is 1.90. The molecule has 0 saturated carbocycles. The van der Waals surface area contributed by atoms with Crippen molar-refractivity contribution in [3.05, 3.63) is 24.4 Å². The molecule has 0 spiro atoms. The lowest BCUT2D eigenvalue weighted by Gasteiger charge is -2.19. The van der Waals surface area contributed by atoms with Crippen molar-refractivity contribution in [2.24, 2.45) is 0 Å². The van der Waals surface area contributed by atoms with Crippen LogP contribution in [-0.2, 0) is 14.3 Å². The number of anilines is 1. The number of carbonyl (C=O) groups is 2. The molecule has 0 unspecified atom stereocenters. The molecular weight excluding hydrogens is 260 g/mol. The highest BCUT2D eigenvalue weighted by atomic mass is 16.5. The Balaban J connectivity index is 2.30. The Hall–Kier alpha value is -2.15. The lowest BCUT2D eigenvalue weighted by atomic mass is 10.3. The van der Waals surface area contributed by atoms with Gasteiger partial charge in [0.05, 0.1) is 20.1 Å². The number of aromatic nitrogens is 1. The molecule has 0 aliphatic rings. The molecule has 0 aromatic carbocycles. The first kappa shape index (κ1) is 15.9. The van der Waals surface area contributed by atoms with Crippen molar-refractivity contribution in [3.63, 3.8) is 0 Å². The van der Waals surface area contributed by atoms with Gasteiger partial charge in [-0.2, -0.15) is 0 Å². The number of carbonyl (C=O) groups excluding carboxylic acids is 2. The van der Waals surface area contributed by atoms with Gasteiger partial charge in [-0.05, 0) is 18.7 Å². The molecule has 2 N–H and O–H groups in total. The number of esters is 1. The summed E-state index contributed by atoms with van der Waals surface area (Å²) in [5, 5.41) is 0. The van der Waals surface area contributed by atoms with Crippen LogP contribution in [0.15, 0.2) is 24.4 Å². The standard InChI is InChI=1S/C13H20N4O3/c1-3-17(9-7-13(19)20-2)10-12(18)16-15-11-6-4-5-8-14-11/h4-6,8H,3,7,9-10H2,1-2H3,(H,14,15)(H,16,18). The summed E-state index contributed by atoms with van der Waals surface area (Å²) >= 11 is 0. The molecule has 1 heterocycles. The largest absolute Gasteiger partial charge is 0.469 e. The fourth-order valence-corrected chi connectivity index (χ4v) is 1.51. The van der Waals surface area contributed by atoms with Gasteiger partial charge in [0.2, 0.25) is 0 Å². The number of hydrogen-bond acceptors (Lipinski definition) is 6. The summed E-state index contributed by atoms with van der Waals surface area (Å²) < 4.78 is 4.57. The van der Waals surface area contributed by atoms with E-state index in [-0.39, 0.29) is 24.8 Å². The van der Waals surface area contributed by atoms with Gasteiger partial charge in [0, 0.05) is 12.7 Å². The van der Waals surface area contributed by atoms with E-state index in [4.69, 9.17) is 0 Å². The third-order valence-corrected chi connectivity index (χ3v) is 2.67. The Morgan fingerprint density at radius 2 is 2.20 bits per heavy atom. The molecular formula is C13H20N4O3. The molecule has 7 heteroatoms. The maximum Gasteiger partial charge on any atom is 0.306 e. The van der Waals surface area contributed by atoms with E-state index < -0.39 is 0 Å². The van der Waals surface area contributed by atoms with Gasteiger partial charge < -0.3 is 4.74 Å².